The van der Waals surface area contributed by atoms with Gasteiger partial charge in [0.05, 0.1) is 6.10 Å². The van der Waals surface area contributed by atoms with E-state index in [2.05, 4.69) is 24.1 Å². The molecule has 3 nitrogen and oxygen atoms in total. The van der Waals surface area contributed by atoms with Crippen molar-refractivity contribution in [3.8, 4) is 0 Å². The summed E-state index contributed by atoms with van der Waals surface area (Å²) in [6, 6.07) is 2.19. The molecule has 0 aromatic heterocycles. The summed E-state index contributed by atoms with van der Waals surface area (Å²) < 4.78 is 5.62. The van der Waals surface area contributed by atoms with E-state index >= 15 is 0 Å². The minimum Gasteiger partial charge on any atom is -0.381 e. The Labute approximate surface area is 119 Å². The SMILES string of the molecule is CCCC1CNC(CC)CN1C1CCCC(OC)C1. The van der Waals surface area contributed by atoms with Crippen LogP contribution in [0.3, 0.4) is 0 Å². The molecule has 19 heavy (non-hydrogen) atoms. The number of nitrogens with zero attached hydrogens (tertiary/aromatic N) is 1. The minimum absolute atomic E-state index is 0.496. The molecule has 1 aliphatic heterocycles. The molecule has 1 N–H and O–H groups in total. The van der Waals surface area contributed by atoms with Gasteiger partial charge < -0.3 is 10.1 Å². The maximum absolute atomic E-state index is 5.62. The summed E-state index contributed by atoms with van der Waals surface area (Å²) >= 11 is 0. The lowest BCUT2D eigenvalue weighted by molar-refractivity contribution is -0.00203. The van der Waals surface area contributed by atoms with Gasteiger partial charge in [0.15, 0.2) is 0 Å². The Bertz CT molecular complexity index is 259. The van der Waals surface area contributed by atoms with Gasteiger partial charge in [0.1, 0.15) is 0 Å². The summed E-state index contributed by atoms with van der Waals surface area (Å²) in [7, 11) is 1.88. The number of hydrogen-bond acceptors (Lipinski definition) is 3. The Hall–Kier alpha value is -0.120. The molecular weight excluding hydrogens is 236 g/mol. The first-order valence-corrected chi connectivity index (χ1v) is 8.30. The molecule has 1 heterocycles. The lowest BCUT2D eigenvalue weighted by Gasteiger charge is -2.47. The zero-order valence-electron chi connectivity index (χ0n) is 13.0. The molecule has 0 bridgehead atoms. The van der Waals surface area contributed by atoms with E-state index in [-0.39, 0.29) is 0 Å². The molecular formula is C16H32N2O. The van der Waals surface area contributed by atoms with E-state index in [1.165, 1.54) is 58.0 Å². The quantitative estimate of drug-likeness (QED) is 0.830. The Morgan fingerprint density at radius 1 is 1.26 bits per heavy atom. The van der Waals surface area contributed by atoms with E-state index in [0.29, 0.717) is 12.1 Å². The number of ether oxygens (including phenoxy) is 1. The number of hydrogen-bond donors (Lipinski definition) is 1. The molecule has 0 amide bonds. The summed E-state index contributed by atoms with van der Waals surface area (Å²) in [6.07, 6.45) is 9.57. The van der Waals surface area contributed by atoms with Crippen LogP contribution in [0.5, 0.6) is 0 Å². The summed E-state index contributed by atoms with van der Waals surface area (Å²) in [5.41, 5.74) is 0. The highest BCUT2D eigenvalue weighted by Crippen LogP contribution is 2.28. The summed E-state index contributed by atoms with van der Waals surface area (Å²) in [6.45, 7) is 7.03. The third-order valence-corrected chi connectivity index (χ3v) is 5.06. The Kier molecular flexibility index (Phi) is 6.11. The van der Waals surface area contributed by atoms with Gasteiger partial charge in [-0.25, -0.2) is 0 Å². The third-order valence-electron chi connectivity index (χ3n) is 5.06. The van der Waals surface area contributed by atoms with E-state index in [0.717, 1.165) is 12.1 Å². The summed E-state index contributed by atoms with van der Waals surface area (Å²) in [5, 5.41) is 3.73. The second kappa shape index (κ2) is 7.61. The van der Waals surface area contributed by atoms with Crippen LogP contribution in [-0.2, 0) is 4.74 Å². The number of piperazine rings is 1. The molecule has 4 unspecified atom stereocenters. The van der Waals surface area contributed by atoms with Gasteiger partial charge in [-0.1, -0.05) is 20.3 Å². The lowest BCUT2D eigenvalue weighted by atomic mass is 9.89. The smallest absolute Gasteiger partial charge is 0.0586 e. The largest absolute Gasteiger partial charge is 0.381 e. The highest BCUT2D eigenvalue weighted by molar-refractivity contribution is 4.91. The van der Waals surface area contributed by atoms with Crippen molar-refractivity contribution in [1.82, 2.24) is 10.2 Å². The second-order valence-electron chi connectivity index (χ2n) is 6.33. The van der Waals surface area contributed by atoms with E-state index in [9.17, 15) is 0 Å². The summed E-state index contributed by atoms with van der Waals surface area (Å²) in [5.74, 6) is 0. The van der Waals surface area contributed by atoms with Crippen LogP contribution in [0.2, 0.25) is 0 Å². The average molecular weight is 268 g/mol. The van der Waals surface area contributed by atoms with Crippen LogP contribution in [-0.4, -0.2) is 49.3 Å². The van der Waals surface area contributed by atoms with Gasteiger partial charge >= 0.3 is 0 Å². The van der Waals surface area contributed by atoms with E-state index in [4.69, 9.17) is 4.74 Å². The topological polar surface area (TPSA) is 24.5 Å². The van der Waals surface area contributed by atoms with Crippen LogP contribution in [0.4, 0.5) is 0 Å². The molecule has 1 saturated heterocycles. The average Bonchev–Trinajstić information content (AvgIpc) is 2.48. The summed E-state index contributed by atoms with van der Waals surface area (Å²) in [4.78, 5) is 2.82. The monoisotopic (exact) mass is 268 g/mol. The molecule has 2 fully saturated rings. The molecule has 4 atom stereocenters. The fourth-order valence-corrected chi connectivity index (χ4v) is 3.85. The van der Waals surface area contributed by atoms with Crippen molar-refractivity contribution >= 4 is 0 Å². The fourth-order valence-electron chi connectivity index (χ4n) is 3.85. The molecule has 3 heteroatoms. The van der Waals surface area contributed by atoms with Gasteiger partial charge in [-0.3, -0.25) is 4.90 Å². The molecule has 2 aliphatic rings. The zero-order valence-corrected chi connectivity index (χ0v) is 13.0. The maximum atomic E-state index is 5.62. The second-order valence-corrected chi connectivity index (χ2v) is 6.33. The van der Waals surface area contributed by atoms with Crippen molar-refractivity contribution in [3.05, 3.63) is 0 Å². The van der Waals surface area contributed by atoms with Crippen molar-refractivity contribution in [1.29, 1.82) is 0 Å². The van der Waals surface area contributed by atoms with Crippen molar-refractivity contribution in [3.63, 3.8) is 0 Å². The van der Waals surface area contributed by atoms with Gasteiger partial charge in [0.2, 0.25) is 0 Å². The molecule has 112 valence electrons. The normalized spacial score (nSPS) is 37.4. The standard InChI is InChI=1S/C16H32N2O/c1-4-7-15-11-17-13(5-2)12-18(15)14-8-6-9-16(10-14)19-3/h13-17H,4-12H2,1-3H3. The Morgan fingerprint density at radius 3 is 2.79 bits per heavy atom. The molecule has 0 aromatic rings. The van der Waals surface area contributed by atoms with E-state index in [1.807, 2.05) is 7.11 Å². The first kappa shape index (κ1) is 15.3. The zero-order chi connectivity index (χ0) is 13.7. The van der Waals surface area contributed by atoms with E-state index in [1.54, 1.807) is 0 Å². The third kappa shape index (κ3) is 3.93. The van der Waals surface area contributed by atoms with Gasteiger partial charge in [0, 0.05) is 38.3 Å². The number of rotatable bonds is 5. The molecule has 1 saturated carbocycles. The van der Waals surface area contributed by atoms with E-state index < -0.39 is 0 Å². The molecule has 0 aromatic carbocycles. The Balaban J connectivity index is 1.99. The van der Waals surface area contributed by atoms with Gasteiger partial charge in [-0.15, -0.1) is 0 Å². The highest BCUT2D eigenvalue weighted by Gasteiger charge is 2.34. The van der Waals surface area contributed by atoms with Crippen LogP contribution in [0.1, 0.15) is 58.8 Å². The van der Waals surface area contributed by atoms with Crippen molar-refractivity contribution < 1.29 is 4.74 Å². The Morgan fingerprint density at radius 2 is 2.11 bits per heavy atom. The van der Waals surface area contributed by atoms with Crippen molar-refractivity contribution in [2.75, 3.05) is 20.2 Å². The highest BCUT2D eigenvalue weighted by atomic mass is 16.5. The molecule has 0 spiro atoms. The molecule has 2 rings (SSSR count). The predicted molar refractivity (Wildman–Crippen MR) is 80.5 cm³/mol. The number of methoxy groups -OCH3 is 1. The van der Waals surface area contributed by atoms with Gasteiger partial charge in [-0.05, 0) is 38.5 Å². The van der Waals surface area contributed by atoms with Crippen LogP contribution < -0.4 is 5.32 Å². The first-order valence-electron chi connectivity index (χ1n) is 8.30. The van der Waals surface area contributed by atoms with Crippen molar-refractivity contribution in [2.24, 2.45) is 0 Å². The first-order chi connectivity index (χ1) is 9.28. The van der Waals surface area contributed by atoms with Gasteiger partial charge in [-0.2, -0.15) is 0 Å². The number of nitrogens with one attached hydrogen (secondary N) is 1. The predicted octanol–water partition coefficient (Wildman–Crippen LogP) is 2.80. The lowest BCUT2D eigenvalue weighted by Crippen LogP contribution is -2.60. The minimum atomic E-state index is 0.496. The van der Waals surface area contributed by atoms with Crippen LogP contribution >= 0.6 is 0 Å². The van der Waals surface area contributed by atoms with Crippen LogP contribution in [0.25, 0.3) is 0 Å². The van der Waals surface area contributed by atoms with Gasteiger partial charge in [0.25, 0.3) is 0 Å². The van der Waals surface area contributed by atoms with Crippen molar-refractivity contribution in [2.45, 2.75) is 83.0 Å². The molecule has 1 aliphatic carbocycles. The van der Waals surface area contributed by atoms with Crippen LogP contribution in [0.15, 0.2) is 0 Å². The fraction of sp³-hybridized carbons (Fsp3) is 1.00. The maximum Gasteiger partial charge on any atom is 0.0586 e. The molecule has 0 radical (unpaired) electrons. The van der Waals surface area contributed by atoms with Crippen LogP contribution in [0, 0.1) is 0 Å².